The molecule has 0 atom stereocenters. The van der Waals surface area contributed by atoms with Crippen molar-refractivity contribution in [3.8, 4) is 11.3 Å². The molecule has 0 aliphatic heterocycles. The van der Waals surface area contributed by atoms with E-state index >= 15 is 0 Å². The lowest BCUT2D eigenvalue weighted by Gasteiger charge is -1.99. The van der Waals surface area contributed by atoms with Crippen molar-refractivity contribution >= 4 is 5.91 Å². The molecule has 8 heteroatoms. The van der Waals surface area contributed by atoms with Gasteiger partial charge in [-0.1, -0.05) is 0 Å². The first-order valence-electron chi connectivity index (χ1n) is 5.13. The van der Waals surface area contributed by atoms with Crippen LogP contribution >= 0.6 is 0 Å². The minimum atomic E-state index is -0.596. The van der Waals surface area contributed by atoms with E-state index in [1.165, 1.54) is 12.4 Å². The van der Waals surface area contributed by atoms with E-state index in [9.17, 15) is 10.0 Å². The lowest BCUT2D eigenvalue weighted by Crippen LogP contribution is -2.30. The summed E-state index contributed by atoms with van der Waals surface area (Å²) in [5, 5.41) is 25.9. The Morgan fingerprint density at radius 2 is 2.44 bits per heavy atom. The fourth-order valence-electron chi connectivity index (χ4n) is 1.40. The zero-order valence-electron chi connectivity index (χ0n) is 9.24. The summed E-state index contributed by atoms with van der Waals surface area (Å²) in [5.41, 5.74) is 0.257. The molecule has 2 aromatic rings. The first-order valence-corrected chi connectivity index (χ1v) is 5.13. The summed E-state index contributed by atoms with van der Waals surface area (Å²) >= 11 is 0. The molecular weight excluding hydrogens is 240 g/mol. The lowest BCUT2D eigenvalue weighted by molar-refractivity contribution is -0.793. The molecule has 2 aromatic heterocycles. The number of aliphatic hydroxyl groups is 1. The third-order valence-corrected chi connectivity index (χ3v) is 2.16. The third kappa shape index (κ3) is 2.28. The molecule has 0 saturated heterocycles. The Hall–Kier alpha value is -2.48. The first kappa shape index (κ1) is 12.0. The second-order valence-electron chi connectivity index (χ2n) is 3.35. The summed E-state index contributed by atoms with van der Waals surface area (Å²) in [7, 11) is 0. The van der Waals surface area contributed by atoms with E-state index in [1.54, 1.807) is 12.1 Å². The van der Waals surface area contributed by atoms with Gasteiger partial charge in [0.05, 0.1) is 11.8 Å². The predicted octanol–water partition coefficient (Wildman–Crippen LogP) is -0.908. The second kappa shape index (κ2) is 5.23. The second-order valence-corrected chi connectivity index (χ2v) is 3.35. The molecule has 0 unspecified atom stereocenters. The van der Waals surface area contributed by atoms with Gasteiger partial charge in [-0.25, -0.2) is 0 Å². The summed E-state index contributed by atoms with van der Waals surface area (Å²) in [6.07, 6.45) is 2.96. The molecule has 0 fully saturated rings. The molecule has 2 heterocycles. The van der Waals surface area contributed by atoms with E-state index in [2.05, 4.69) is 20.1 Å². The molecule has 8 nitrogen and oxygen atoms in total. The summed E-state index contributed by atoms with van der Waals surface area (Å²) < 4.78 is 4.41. The molecule has 94 valence electrons. The van der Waals surface area contributed by atoms with Crippen molar-refractivity contribution in [2.24, 2.45) is 0 Å². The quantitative estimate of drug-likeness (QED) is 0.679. The number of carbonyl (C=O) groups excluding carboxylic acids is 1. The maximum atomic E-state index is 11.7. The number of carbonyl (C=O) groups is 1. The summed E-state index contributed by atoms with van der Waals surface area (Å²) in [5.74, 6) is -0.596. The zero-order valence-corrected chi connectivity index (χ0v) is 9.24. The first-order chi connectivity index (χ1) is 8.74. The van der Waals surface area contributed by atoms with Gasteiger partial charge in [-0.15, -0.1) is 0 Å². The number of nitrogens with one attached hydrogen (secondary N) is 1. The Morgan fingerprint density at radius 3 is 3.11 bits per heavy atom. The molecule has 18 heavy (non-hydrogen) atoms. The molecular formula is C10H10N4O4. The molecule has 0 aliphatic rings. The predicted molar refractivity (Wildman–Crippen MR) is 58.1 cm³/mol. The van der Waals surface area contributed by atoms with Crippen LogP contribution in [0.3, 0.4) is 0 Å². The Balaban J connectivity index is 2.36. The number of nitrogens with zero attached hydrogens (tertiary/aromatic N) is 3. The van der Waals surface area contributed by atoms with Crippen molar-refractivity contribution in [3.05, 3.63) is 35.4 Å². The molecule has 0 aliphatic carbocycles. The summed E-state index contributed by atoms with van der Waals surface area (Å²) in [6.45, 7) is -0.139. The van der Waals surface area contributed by atoms with E-state index in [1.807, 2.05) is 0 Å². The standard InChI is InChI=1S/C10H10N4O4/c15-5-4-12-10(16)8-9(14(17)18-13-8)7-2-1-3-11-6-7/h1-3,6,15H,4-5H2,(H,12,16). The van der Waals surface area contributed by atoms with E-state index in [0.717, 1.165) is 0 Å². The Bertz CT molecular complexity index is 540. The van der Waals surface area contributed by atoms with Gasteiger partial charge in [-0.3, -0.25) is 14.4 Å². The maximum absolute atomic E-state index is 11.7. The normalized spacial score (nSPS) is 10.3. The number of amides is 1. The largest absolute Gasteiger partial charge is 0.395 e. The topological polar surface area (TPSA) is 115 Å². The highest BCUT2D eigenvalue weighted by molar-refractivity contribution is 5.96. The zero-order chi connectivity index (χ0) is 13.0. The highest BCUT2D eigenvalue weighted by atomic mass is 16.8. The Morgan fingerprint density at radius 1 is 1.61 bits per heavy atom. The number of rotatable bonds is 4. The van der Waals surface area contributed by atoms with Gasteiger partial charge in [0.1, 0.15) is 0 Å². The molecule has 0 radical (unpaired) electrons. The highest BCUT2D eigenvalue weighted by Crippen LogP contribution is 2.17. The molecule has 0 saturated carbocycles. The van der Waals surface area contributed by atoms with Crippen LogP contribution in [-0.4, -0.2) is 34.3 Å². The van der Waals surface area contributed by atoms with Gasteiger partial charge in [-0.2, -0.15) is 0 Å². The number of aromatic nitrogens is 3. The van der Waals surface area contributed by atoms with Crippen molar-refractivity contribution in [1.29, 1.82) is 0 Å². The fraction of sp³-hybridized carbons (Fsp3) is 0.200. The summed E-state index contributed by atoms with van der Waals surface area (Å²) in [6, 6.07) is 3.23. The van der Waals surface area contributed by atoms with Crippen LogP contribution in [0.5, 0.6) is 0 Å². The molecule has 0 spiro atoms. The van der Waals surface area contributed by atoms with Gasteiger partial charge in [0.15, 0.2) is 0 Å². The van der Waals surface area contributed by atoms with Gasteiger partial charge in [0.25, 0.3) is 0 Å². The van der Waals surface area contributed by atoms with E-state index in [-0.39, 0.29) is 29.4 Å². The average Bonchev–Trinajstić information content (AvgIpc) is 2.79. The van der Waals surface area contributed by atoms with Gasteiger partial charge in [0, 0.05) is 24.5 Å². The lowest BCUT2D eigenvalue weighted by atomic mass is 10.1. The molecule has 2 N–H and O–H groups in total. The maximum Gasteiger partial charge on any atom is 0.313 e. The van der Waals surface area contributed by atoms with Gasteiger partial charge < -0.3 is 15.6 Å². The number of pyridine rings is 1. The highest BCUT2D eigenvalue weighted by Gasteiger charge is 2.27. The van der Waals surface area contributed by atoms with Gasteiger partial charge >= 0.3 is 11.6 Å². The average molecular weight is 250 g/mol. The van der Waals surface area contributed by atoms with Crippen LogP contribution in [0.1, 0.15) is 10.5 Å². The van der Waals surface area contributed by atoms with Crippen LogP contribution < -0.4 is 10.2 Å². The third-order valence-electron chi connectivity index (χ3n) is 2.16. The SMILES string of the molecule is O=C(NCCO)c1no[n+]([O-])c1-c1cccnc1. The van der Waals surface area contributed by atoms with Crippen LogP contribution in [0, 0.1) is 5.21 Å². The Kier molecular flexibility index (Phi) is 3.49. The number of hydrogen-bond donors (Lipinski definition) is 2. The number of hydrogen-bond acceptors (Lipinski definition) is 6. The van der Waals surface area contributed by atoms with E-state index < -0.39 is 5.91 Å². The number of aliphatic hydroxyl groups excluding tert-OH is 1. The Labute approximate surface area is 101 Å². The van der Waals surface area contributed by atoms with Crippen LogP contribution in [-0.2, 0) is 0 Å². The molecule has 2 rings (SSSR count). The van der Waals surface area contributed by atoms with Crippen LogP contribution in [0.2, 0.25) is 0 Å². The molecule has 0 aromatic carbocycles. The van der Waals surface area contributed by atoms with E-state index in [4.69, 9.17) is 5.11 Å². The monoisotopic (exact) mass is 250 g/mol. The minimum absolute atomic E-state index is 0.0152. The van der Waals surface area contributed by atoms with Crippen LogP contribution in [0.15, 0.2) is 29.2 Å². The smallest absolute Gasteiger partial charge is 0.313 e. The van der Waals surface area contributed by atoms with Crippen LogP contribution in [0.4, 0.5) is 0 Å². The molecule has 0 bridgehead atoms. The van der Waals surface area contributed by atoms with Crippen molar-refractivity contribution in [1.82, 2.24) is 15.5 Å². The van der Waals surface area contributed by atoms with Crippen LogP contribution in [0.25, 0.3) is 11.3 Å². The van der Waals surface area contributed by atoms with Gasteiger partial charge in [0.2, 0.25) is 5.69 Å². The van der Waals surface area contributed by atoms with Crippen molar-refractivity contribution in [2.45, 2.75) is 0 Å². The van der Waals surface area contributed by atoms with Gasteiger partial charge in [-0.05, 0) is 17.0 Å². The minimum Gasteiger partial charge on any atom is -0.395 e. The molecule has 1 amide bonds. The summed E-state index contributed by atoms with van der Waals surface area (Å²) in [4.78, 5) is 15.7. The van der Waals surface area contributed by atoms with Crippen molar-refractivity contribution < 1.29 is 19.4 Å². The fourth-order valence-corrected chi connectivity index (χ4v) is 1.40. The van der Waals surface area contributed by atoms with Crippen molar-refractivity contribution in [3.63, 3.8) is 0 Å². The van der Waals surface area contributed by atoms with E-state index in [0.29, 0.717) is 5.56 Å². The van der Waals surface area contributed by atoms with Crippen molar-refractivity contribution in [2.75, 3.05) is 13.2 Å².